The van der Waals surface area contributed by atoms with Gasteiger partial charge < -0.3 is 15.5 Å². The topological polar surface area (TPSA) is 108 Å². The molecular weight excluding hydrogens is 396 g/mol. The minimum atomic E-state index is -0.635. The molecule has 5 amide bonds. The molecule has 0 aliphatic carbocycles. The molecule has 2 aliphatic rings. The maximum Gasteiger partial charge on any atom is 0.319 e. The summed E-state index contributed by atoms with van der Waals surface area (Å²) in [4.78, 5) is 50.1. The van der Waals surface area contributed by atoms with E-state index in [2.05, 4.69) is 22.9 Å². The van der Waals surface area contributed by atoms with Crippen LogP contribution in [0.2, 0.25) is 0 Å². The van der Waals surface area contributed by atoms with Crippen molar-refractivity contribution in [2.75, 3.05) is 5.32 Å². The molecule has 0 spiro atoms. The zero-order chi connectivity index (χ0) is 22.0. The molecule has 0 bridgehead atoms. The highest BCUT2D eigenvalue weighted by molar-refractivity contribution is 6.05. The molecule has 0 aromatic heterocycles. The van der Waals surface area contributed by atoms with E-state index in [1.165, 1.54) is 10.5 Å². The Morgan fingerprint density at radius 3 is 2.55 bits per heavy atom. The third kappa shape index (κ3) is 4.42. The first-order chi connectivity index (χ1) is 14.9. The molecule has 0 radical (unpaired) electrons. The summed E-state index contributed by atoms with van der Waals surface area (Å²) in [5.41, 5.74) is 4.05. The maximum absolute atomic E-state index is 12.9. The summed E-state index contributed by atoms with van der Waals surface area (Å²) in [5, 5.41) is 7.88. The summed E-state index contributed by atoms with van der Waals surface area (Å²) in [6, 6.07) is 12.1. The van der Waals surface area contributed by atoms with Crippen LogP contribution >= 0.6 is 0 Å². The fourth-order valence-electron chi connectivity index (χ4n) is 3.89. The van der Waals surface area contributed by atoms with E-state index in [1.807, 2.05) is 36.4 Å². The number of aryl methyl sites for hydroxylation is 1. The molecule has 160 valence electrons. The van der Waals surface area contributed by atoms with Crippen LogP contribution < -0.4 is 16.0 Å². The second-order valence-electron chi connectivity index (χ2n) is 7.75. The van der Waals surface area contributed by atoms with Crippen molar-refractivity contribution in [3.63, 3.8) is 0 Å². The van der Waals surface area contributed by atoms with Crippen LogP contribution in [0, 0.1) is 0 Å². The van der Waals surface area contributed by atoms with E-state index in [4.69, 9.17) is 0 Å². The molecule has 8 heteroatoms. The third-order valence-corrected chi connectivity index (χ3v) is 5.67. The van der Waals surface area contributed by atoms with Crippen LogP contribution in [0.4, 0.5) is 10.5 Å². The highest BCUT2D eigenvalue weighted by Crippen LogP contribution is 2.28. The van der Waals surface area contributed by atoms with Crippen LogP contribution in [-0.2, 0) is 29.1 Å². The van der Waals surface area contributed by atoms with Crippen molar-refractivity contribution in [2.45, 2.75) is 45.3 Å². The SMILES string of the molecule is CCc1ccc(NC(=O)NCc2ccc3c(c2)C(=O)N(C2CCC(=O)NC2=O)C3)cc1. The van der Waals surface area contributed by atoms with Crippen LogP contribution in [0.5, 0.6) is 0 Å². The number of hydrogen-bond acceptors (Lipinski definition) is 4. The smallest absolute Gasteiger partial charge is 0.319 e. The van der Waals surface area contributed by atoms with Gasteiger partial charge >= 0.3 is 6.03 Å². The van der Waals surface area contributed by atoms with Gasteiger partial charge in [0.2, 0.25) is 11.8 Å². The van der Waals surface area contributed by atoms with Crippen LogP contribution in [0.3, 0.4) is 0 Å². The Kier molecular flexibility index (Phi) is 5.70. The average molecular weight is 420 g/mol. The number of benzene rings is 2. The van der Waals surface area contributed by atoms with Gasteiger partial charge in [0.1, 0.15) is 6.04 Å². The van der Waals surface area contributed by atoms with Crippen molar-refractivity contribution in [3.8, 4) is 0 Å². The highest BCUT2D eigenvalue weighted by Gasteiger charge is 2.39. The molecule has 0 saturated carbocycles. The maximum atomic E-state index is 12.9. The molecule has 2 aliphatic heterocycles. The summed E-state index contributed by atoms with van der Waals surface area (Å²) in [5.74, 6) is -0.965. The van der Waals surface area contributed by atoms with Crippen LogP contribution in [0.15, 0.2) is 42.5 Å². The number of anilines is 1. The monoisotopic (exact) mass is 420 g/mol. The first-order valence-electron chi connectivity index (χ1n) is 10.3. The van der Waals surface area contributed by atoms with Crippen molar-refractivity contribution >= 4 is 29.4 Å². The van der Waals surface area contributed by atoms with E-state index in [0.717, 1.165) is 17.5 Å². The van der Waals surface area contributed by atoms with Crippen molar-refractivity contribution in [3.05, 3.63) is 64.7 Å². The number of hydrogen-bond donors (Lipinski definition) is 3. The Balaban J connectivity index is 1.36. The Bertz CT molecular complexity index is 1050. The van der Waals surface area contributed by atoms with Crippen molar-refractivity contribution in [2.24, 2.45) is 0 Å². The molecule has 1 unspecified atom stereocenters. The predicted molar refractivity (Wildman–Crippen MR) is 114 cm³/mol. The summed E-state index contributed by atoms with van der Waals surface area (Å²) in [7, 11) is 0. The van der Waals surface area contributed by atoms with E-state index in [9.17, 15) is 19.2 Å². The highest BCUT2D eigenvalue weighted by atomic mass is 16.2. The minimum Gasteiger partial charge on any atom is -0.334 e. The predicted octanol–water partition coefficient (Wildman–Crippen LogP) is 2.33. The quantitative estimate of drug-likeness (QED) is 0.645. The van der Waals surface area contributed by atoms with Gasteiger partial charge in [-0.3, -0.25) is 19.7 Å². The number of carbonyl (C=O) groups excluding carboxylic acids is 4. The normalized spacial score (nSPS) is 17.9. The van der Waals surface area contributed by atoms with Gasteiger partial charge in [-0.05, 0) is 47.7 Å². The Labute approximate surface area is 180 Å². The Morgan fingerprint density at radius 1 is 1.10 bits per heavy atom. The molecule has 31 heavy (non-hydrogen) atoms. The molecule has 2 aromatic rings. The number of carbonyl (C=O) groups is 4. The molecule has 3 N–H and O–H groups in total. The van der Waals surface area contributed by atoms with Crippen molar-refractivity contribution in [1.29, 1.82) is 0 Å². The lowest BCUT2D eigenvalue weighted by atomic mass is 10.0. The largest absolute Gasteiger partial charge is 0.334 e. The standard InChI is InChI=1S/C23H24N4O4/c1-2-14-4-7-17(8-5-14)25-23(31)24-12-15-3-6-16-13-27(22(30)18(16)11-15)19-9-10-20(28)26-21(19)29/h3-8,11,19H,2,9-10,12-13H2,1H3,(H2,24,25,31)(H,26,28,29). The first-order valence-corrected chi connectivity index (χ1v) is 10.3. The lowest BCUT2D eigenvalue weighted by Crippen LogP contribution is -2.52. The summed E-state index contributed by atoms with van der Waals surface area (Å²) in [6.07, 6.45) is 1.49. The Hall–Kier alpha value is -3.68. The average Bonchev–Trinajstić information content (AvgIpc) is 3.08. The number of fused-ring (bicyclic) bond motifs is 1. The molecule has 4 rings (SSSR count). The number of imide groups is 1. The fourth-order valence-corrected chi connectivity index (χ4v) is 3.89. The molecule has 2 heterocycles. The number of nitrogens with one attached hydrogen (secondary N) is 3. The van der Waals surface area contributed by atoms with E-state index < -0.39 is 11.9 Å². The summed E-state index contributed by atoms with van der Waals surface area (Å²) >= 11 is 0. The molecule has 2 aromatic carbocycles. The molecule has 1 fully saturated rings. The van der Waals surface area contributed by atoms with Crippen LogP contribution in [-0.4, -0.2) is 34.7 Å². The number of urea groups is 1. The minimum absolute atomic E-state index is 0.224. The van der Waals surface area contributed by atoms with Gasteiger partial charge in [0, 0.05) is 30.8 Å². The van der Waals surface area contributed by atoms with Gasteiger partial charge in [-0.15, -0.1) is 0 Å². The van der Waals surface area contributed by atoms with Gasteiger partial charge in [0.25, 0.3) is 5.91 Å². The lowest BCUT2D eigenvalue weighted by molar-refractivity contribution is -0.136. The second kappa shape index (κ2) is 8.59. The third-order valence-electron chi connectivity index (χ3n) is 5.67. The summed E-state index contributed by atoms with van der Waals surface area (Å²) in [6.45, 7) is 2.67. The van der Waals surface area contributed by atoms with Gasteiger partial charge in [-0.25, -0.2) is 4.79 Å². The number of nitrogens with zero attached hydrogens (tertiary/aromatic N) is 1. The van der Waals surface area contributed by atoms with E-state index in [1.54, 1.807) is 6.07 Å². The molecule has 1 saturated heterocycles. The number of rotatable bonds is 5. The number of piperidine rings is 1. The number of amides is 5. The zero-order valence-electron chi connectivity index (χ0n) is 17.2. The second-order valence-corrected chi connectivity index (χ2v) is 7.75. The van der Waals surface area contributed by atoms with Crippen molar-refractivity contribution in [1.82, 2.24) is 15.5 Å². The molecule has 1 atom stereocenters. The zero-order valence-corrected chi connectivity index (χ0v) is 17.2. The van der Waals surface area contributed by atoms with Crippen LogP contribution in [0.1, 0.15) is 46.8 Å². The Morgan fingerprint density at radius 2 is 1.84 bits per heavy atom. The fraction of sp³-hybridized carbons (Fsp3) is 0.304. The van der Waals surface area contributed by atoms with Gasteiger partial charge in [0.15, 0.2) is 0 Å². The van der Waals surface area contributed by atoms with Crippen molar-refractivity contribution < 1.29 is 19.2 Å². The first kappa shape index (κ1) is 20.6. The van der Waals surface area contributed by atoms with Crippen LogP contribution in [0.25, 0.3) is 0 Å². The van der Waals surface area contributed by atoms with Gasteiger partial charge in [0.05, 0.1) is 0 Å². The van der Waals surface area contributed by atoms with E-state index in [-0.39, 0.29) is 30.8 Å². The van der Waals surface area contributed by atoms with E-state index >= 15 is 0 Å². The molecular formula is C23H24N4O4. The van der Waals surface area contributed by atoms with Gasteiger partial charge in [-0.2, -0.15) is 0 Å². The van der Waals surface area contributed by atoms with E-state index in [0.29, 0.717) is 24.2 Å². The lowest BCUT2D eigenvalue weighted by Gasteiger charge is -2.29. The summed E-state index contributed by atoms with van der Waals surface area (Å²) < 4.78 is 0. The molecule has 8 nitrogen and oxygen atoms in total. The van der Waals surface area contributed by atoms with Gasteiger partial charge in [-0.1, -0.05) is 31.2 Å².